The molecule has 98 valence electrons. The van der Waals surface area contributed by atoms with Crippen LogP contribution < -0.4 is 0 Å². The van der Waals surface area contributed by atoms with E-state index in [1.165, 1.54) is 24.3 Å². The maximum absolute atomic E-state index is 13.8. The molecule has 19 heavy (non-hydrogen) atoms. The fourth-order valence-electron chi connectivity index (χ4n) is 1.52. The van der Waals surface area contributed by atoms with Crippen molar-refractivity contribution in [1.29, 1.82) is 0 Å². The van der Waals surface area contributed by atoms with Crippen LogP contribution in [0.5, 0.6) is 0 Å². The van der Waals surface area contributed by atoms with Crippen LogP contribution in [0.2, 0.25) is 0 Å². The molecule has 0 aromatic heterocycles. The molecule has 0 nitrogen and oxygen atoms in total. The highest BCUT2D eigenvalue weighted by Crippen LogP contribution is 2.31. The zero-order valence-electron chi connectivity index (χ0n) is 9.43. The monoisotopic (exact) mass is 270 g/mol. The number of halogens is 5. The first-order valence-corrected chi connectivity index (χ1v) is 5.27. The second kappa shape index (κ2) is 5.22. The summed E-state index contributed by atoms with van der Waals surface area (Å²) >= 11 is 0. The molecule has 0 aliphatic carbocycles. The largest absolute Gasteiger partial charge is 0.204 e. The Morgan fingerprint density at radius 3 is 1.95 bits per heavy atom. The smallest absolute Gasteiger partial charge is 0.195 e. The maximum atomic E-state index is 13.8. The quantitative estimate of drug-likeness (QED) is 0.415. The Hall–Kier alpha value is -2.17. The van der Waals surface area contributed by atoms with Gasteiger partial charge in [-0.1, -0.05) is 30.3 Å². The van der Waals surface area contributed by atoms with Crippen LogP contribution in [-0.2, 0) is 0 Å². The lowest BCUT2D eigenvalue weighted by Gasteiger charge is -2.04. The highest BCUT2D eigenvalue weighted by atomic mass is 19.2. The third kappa shape index (κ3) is 2.50. The van der Waals surface area contributed by atoms with Gasteiger partial charge in [0, 0.05) is 5.56 Å². The van der Waals surface area contributed by atoms with Gasteiger partial charge in [-0.05, 0) is 12.1 Å². The van der Waals surface area contributed by atoms with Crippen molar-refractivity contribution in [1.82, 2.24) is 0 Å². The number of benzene rings is 2. The van der Waals surface area contributed by atoms with Gasteiger partial charge in [0.05, 0.1) is 5.56 Å². The Morgan fingerprint density at radius 1 is 0.684 bits per heavy atom. The van der Waals surface area contributed by atoms with Crippen LogP contribution in [0.1, 0.15) is 11.1 Å². The van der Waals surface area contributed by atoms with Crippen molar-refractivity contribution in [2.45, 2.75) is 0 Å². The Bertz CT molecular complexity index is 632. The predicted molar refractivity (Wildman–Crippen MR) is 61.8 cm³/mol. The van der Waals surface area contributed by atoms with Gasteiger partial charge >= 0.3 is 0 Å². The standard InChI is InChI=1S/C14H7F5/c15-10-7-6-9(13(18)14(10)19)12(17)11(16)8-4-2-1-3-5-8/h1-7H. The van der Waals surface area contributed by atoms with E-state index in [0.29, 0.717) is 12.1 Å². The van der Waals surface area contributed by atoms with Crippen LogP contribution in [0.15, 0.2) is 42.5 Å². The molecule has 0 radical (unpaired) electrons. The summed E-state index contributed by atoms with van der Waals surface area (Å²) in [5, 5.41) is 0. The summed E-state index contributed by atoms with van der Waals surface area (Å²) in [7, 11) is 0. The molecule has 0 aliphatic rings. The van der Waals surface area contributed by atoms with E-state index >= 15 is 0 Å². The molecule has 0 unspecified atom stereocenters. The Morgan fingerprint density at radius 2 is 1.32 bits per heavy atom. The Labute approximate surface area is 105 Å². The van der Waals surface area contributed by atoms with Crippen LogP contribution in [0.4, 0.5) is 22.0 Å². The molecule has 0 spiro atoms. The molecule has 0 saturated heterocycles. The minimum Gasteiger partial charge on any atom is -0.204 e. The van der Waals surface area contributed by atoms with Crippen molar-refractivity contribution < 1.29 is 22.0 Å². The summed E-state index contributed by atoms with van der Waals surface area (Å²) < 4.78 is 66.5. The van der Waals surface area contributed by atoms with E-state index in [2.05, 4.69) is 0 Å². The van der Waals surface area contributed by atoms with Gasteiger partial charge in [-0.15, -0.1) is 0 Å². The summed E-state index contributed by atoms with van der Waals surface area (Å²) in [6.07, 6.45) is 0. The van der Waals surface area contributed by atoms with E-state index in [-0.39, 0.29) is 5.56 Å². The predicted octanol–water partition coefficient (Wildman–Crippen LogP) is 4.87. The lowest BCUT2D eigenvalue weighted by molar-refractivity contribution is 0.444. The Kier molecular flexibility index (Phi) is 3.64. The highest BCUT2D eigenvalue weighted by Gasteiger charge is 2.20. The van der Waals surface area contributed by atoms with Crippen LogP contribution in [-0.4, -0.2) is 0 Å². The van der Waals surface area contributed by atoms with Gasteiger partial charge in [-0.25, -0.2) is 22.0 Å². The third-order valence-corrected chi connectivity index (χ3v) is 2.49. The molecule has 0 N–H and O–H groups in total. The van der Waals surface area contributed by atoms with Gasteiger partial charge in [-0.2, -0.15) is 0 Å². The minimum absolute atomic E-state index is 0.121. The van der Waals surface area contributed by atoms with Gasteiger partial charge in [0.25, 0.3) is 0 Å². The molecular weight excluding hydrogens is 263 g/mol. The van der Waals surface area contributed by atoms with E-state index in [9.17, 15) is 22.0 Å². The van der Waals surface area contributed by atoms with Gasteiger partial charge in [0.1, 0.15) is 0 Å². The third-order valence-electron chi connectivity index (χ3n) is 2.49. The van der Waals surface area contributed by atoms with Crippen LogP contribution >= 0.6 is 0 Å². The molecule has 2 rings (SSSR count). The van der Waals surface area contributed by atoms with Crippen molar-refractivity contribution in [3.63, 3.8) is 0 Å². The Balaban J connectivity index is 2.56. The summed E-state index contributed by atoms with van der Waals surface area (Å²) in [5.74, 6) is -7.99. The topological polar surface area (TPSA) is 0 Å². The van der Waals surface area contributed by atoms with E-state index in [1.54, 1.807) is 6.07 Å². The molecule has 2 aromatic carbocycles. The number of hydrogen-bond acceptors (Lipinski definition) is 0. The first-order chi connectivity index (χ1) is 9.02. The average molecular weight is 270 g/mol. The van der Waals surface area contributed by atoms with Crippen LogP contribution in [0.3, 0.4) is 0 Å². The van der Waals surface area contributed by atoms with Crippen LogP contribution in [0.25, 0.3) is 11.7 Å². The van der Waals surface area contributed by atoms with Crippen molar-refractivity contribution in [2.24, 2.45) is 0 Å². The molecule has 0 fully saturated rings. The van der Waals surface area contributed by atoms with Crippen molar-refractivity contribution in [3.05, 3.63) is 71.0 Å². The molecule has 2 aromatic rings. The first-order valence-electron chi connectivity index (χ1n) is 5.27. The number of rotatable bonds is 2. The van der Waals surface area contributed by atoms with Crippen molar-refractivity contribution in [3.8, 4) is 0 Å². The second-order valence-corrected chi connectivity index (χ2v) is 3.72. The maximum Gasteiger partial charge on any atom is 0.195 e. The average Bonchev–Trinajstić information content (AvgIpc) is 2.44. The lowest BCUT2D eigenvalue weighted by Crippen LogP contribution is -1.96. The summed E-state index contributed by atoms with van der Waals surface area (Å²) in [6, 6.07) is 8.23. The summed E-state index contributed by atoms with van der Waals surface area (Å²) in [4.78, 5) is 0. The molecule has 0 bridgehead atoms. The van der Waals surface area contributed by atoms with E-state index in [4.69, 9.17) is 0 Å². The molecule has 0 aliphatic heterocycles. The summed E-state index contributed by atoms with van der Waals surface area (Å²) in [5.41, 5.74) is -1.08. The molecule has 5 heteroatoms. The first kappa shape index (κ1) is 13.3. The molecular formula is C14H7F5. The SMILES string of the molecule is FC(=C(F)c1ccc(F)c(F)c1F)c1ccccc1. The fraction of sp³-hybridized carbons (Fsp3) is 0. The number of hydrogen-bond donors (Lipinski definition) is 0. The summed E-state index contributed by atoms with van der Waals surface area (Å²) in [6.45, 7) is 0. The van der Waals surface area contributed by atoms with E-state index in [1.807, 2.05) is 0 Å². The van der Waals surface area contributed by atoms with Gasteiger partial charge in [0.2, 0.25) is 0 Å². The fourth-order valence-corrected chi connectivity index (χ4v) is 1.52. The van der Waals surface area contributed by atoms with E-state index in [0.717, 1.165) is 0 Å². The van der Waals surface area contributed by atoms with Crippen LogP contribution in [0, 0.1) is 17.5 Å². The normalized spacial score (nSPS) is 12.3. The van der Waals surface area contributed by atoms with E-state index < -0.39 is 34.7 Å². The highest BCUT2D eigenvalue weighted by molar-refractivity contribution is 5.83. The van der Waals surface area contributed by atoms with Gasteiger partial charge in [-0.3, -0.25) is 0 Å². The minimum atomic E-state index is -1.84. The zero-order chi connectivity index (χ0) is 14.0. The van der Waals surface area contributed by atoms with Crippen molar-refractivity contribution >= 4 is 11.7 Å². The molecule has 0 heterocycles. The molecule has 0 saturated carbocycles. The zero-order valence-corrected chi connectivity index (χ0v) is 9.43. The molecule has 0 atom stereocenters. The van der Waals surface area contributed by atoms with Crippen molar-refractivity contribution in [2.75, 3.05) is 0 Å². The van der Waals surface area contributed by atoms with Gasteiger partial charge < -0.3 is 0 Å². The van der Waals surface area contributed by atoms with Gasteiger partial charge in [0.15, 0.2) is 29.1 Å². The lowest BCUT2D eigenvalue weighted by atomic mass is 10.1. The second-order valence-electron chi connectivity index (χ2n) is 3.72. The molecule has 0 amide bonds.